The molecule has 3 N–H and O–H groups in total. The summed E-state index contributed by atoms with van der Waals surface area (Å²) in [5.41, 5.74) is 2.69. The van der Waals surface area contributed by atoms with Crippen LogP contribution in [0.2, 0.25) is 0 Å². The number of aryl methyl sites for hydroxylation is 1. The molecular formula is C23H22BF2N5O3S. The number of sulfonamides is 1. The molecule has 0 saturated heterocycles. The Bertz CT molecular complexity index is 1560. The van der Waals surface area contributed by atoms with E-state index in [0.717, 1.165) is 28.7 Å². The maximum atomic E-state index is 14.9. The maximum absolute atomic E-state index is 14.9. The molecule has 0 atom stereocenters. The zero-order chi connectivity index (χ0) is 25.3. The molecule has 0 fully saturated rings. The lowest BCUT2D eigenvalue weighted by molar-refractivity contribution is 0.101. The molecule has 2 aromatic carbocycles. The highest BCUT2D eigenvalue weighted by Crippen LogP contribution is 2.26. The van der Waals surface area contributed by atoms with Gasteiger partial charge in [-0.25, -0.2) is 27.2 Å². The van der Waals surface area contributed by atoms with Crippen LogP contribution >= 0.6 is 0 Å². The van der Waals surface area contributed by atoms with E-state index >= 15 is 0 Å². The standard InChI is InChI=1S/C23H22BF2N5O3S/c1-3-8-35(33,34)31-17-7-6-16(25)19(20(17)26)23(32)28-14-10-18-22(27-11-14)30-21(29-18)15-5-4-13(24)9-12(15)2/h4-7,9-11,31H,3,8,24H2,1-2H3,(H,28,32)(H,27,29,30). The van der Waals surface area contributed by atoms with Crippen molar-refractivity contribution in [1.82, 2.24) is 15.0 Å². The fraction of sp³-hybridized carbons (Fsp3) is 0.174. The largest absolute Gasteiger partial charge is 0.323 e. The highest BCUT2D eigenvalue weighted by Gasteiger charge is 2.23. The fourth-order valence-electron chi connectivity index (χ4n) is 3.69. The molecule has 12 heteroatoms. The number of aromatic nitrogens is 3. The van der Waals surface area contributed by atoms with Crippen LogP contribution in [0.15, 0.2) is 42.6 Å². The van der Waals surface area contributed by atoms with Crippen LogP contribution < -0.4 is 15.5 Å². The summed E-state index contributed by atoms with van der Waals surface area (Å²) < 4.78 is 55.3. The molecular weight excluding hydrogens is 475 g/mol. The van der Waals surface area contributed by atoms with Crippen LogP contribution in [-0.4, -0.2) is 42.9 Å². The predicted molar refractivity (Wildman–Crippen MR) is 134 cm³/mol. The van der Waals surface area contributed by atoms with Crippen molar-refractivity contribution < 1.29 is 22.0 Å². The van der Waals surface area contributed by atoms with Gasteiger partial charge in [-0.15, -0.1) is 0 Å². The molecule has 1 amide bonds. The van der Waals surface area contributed by atoms with Gasteiger partial charge >= 0.3 is 0 Å². The van der Waals surface area contributed by atoms with Crippen LogP contribution in [0.3, 0.4) is 0 Å². The van der Waals surface area contributed by atoms with E-state index < -0.39 is 38.8 Å². The smallest absolute Gasteiger partial charge is 0.261 e. The highest BCUT2D eigenvalue weighted by atomic mass is 32.2. The molecule has 0 spiro atoms. The molecule has 8 nitrogen and oxygen atoms in total. The second-order valence-corrected chi connectivity index (χ2v) is 10.00. The lowest BCUT2D eigenvalue weighted by Crippen LogP contribution is -2.20. The van der Waals surface area contributed by atoms with Crippen LogP contribution in [0.25, 0.3) is 22.6 Å². The number of rotatable bonds is 7. The Hall–Kier alpha value is -3.80. The number of fused-ring (bicyclic) bond motifs is 1. The molecule has 4 aromatic rings. The maximum Gasteiger partial charge on any atom is 0.261 e. The van der Waals surface area contributed by atoms with Gasteiger partial charge in [-0.3, -0.25) is 9.52 Å². The van der Waals surface area contributed by atoms with E-state index in [1.807, 2.05) is 37.7 Å². The molecule has 0 unspecified atom stereocenters. The zero-order valence-corrected chi connectivity index (χ0v) is 20.1. The summed E-state index contributed by atoms with van der Waals surface area (Å²) in [6, 6.07) is 9.22. The van der Waals surface area contributed by atoms with E-state index in [1.165, 1.54) is 12.3 Å². The summed E-state index contributed by atoms with van der Waals surface area (Å²) in [5.74, 6) is -3.19. The number of aromatic amines is 1. The molecule has 0 aliphatic rings. The van der Waals surface area contributed by atoms with E-state index in [0.29, 0.717) is 23.4 Å². The molecule has 0 aliphatic carbocycles. The summed E-state index contributed by atoms with van der Waals surface area (Å²) in [6.07, 6.45) is 1.63. The van der Waals surface area contributed by atoms with Gasteiger partial charge < -0.3 is 10.3 Å². The van der Waals surface area contributed by atoms with Gasteiger partial charge in [0.25, 0.3) is 5.91 Å². The number of hydrogen-bond acceptors (Lipinski definition) is 5. The third-order valence-electron chi connectivity index (χ3n) is 5.29. The Morgan fingerprint density at radius 1 is 1.17 bits per heavy atom. The summed E-state index contributed by atoms with van der Waals surface area (Å²) >= 11 is 0. The minimum atomic E-state index is -3.84. The molecule has 2 heterocycles. The number of nitrogens with zero attached hydrogens (tertiary/aromatic N) is 2. The first kappa shape index (κ1) is 24.3. The number of halogens is 2. The van der Waals surface area contributed by atoms with Gasteiger partial charge in [-0.05, 0) is 37.1 Å². The summed E-state index contributed by atoms with van der Waals surface area (Å²) in [4.78, 5) is 24.6. The van der Waals surface area contributed by atoms with Crippen molar-refractivity contribution in [2.24, 2.45) is 0 Å². The first-order chi connectivity index (χ1) is 16.6. The molecule has 35 heavy (non-hydrogen) atoms. The number of imidazole rings is 1. The van der Waals surface area contributed by atoms with E-state index in [2.05, 4.69) is 20.3 Å². The minimum Gasteiger partial charge on any atom is -0.323 e. The molecule has 180 valence electrons. The van der Waals surface area contributed by atoms with Crippen LogP contribution in [0, 0.1) is 18.6 Å². The van der Waals surface area contributed by atoms with E-state index in [-0.39, 0.29) is 11.4 Å². The third kappa shape index (κ3) is 5.17. The molecule has 0 radical (unpaired) electrons. The Morgan fingerprint density at radius 2 is 1.94 bits per heavy atom. The highest BCUT2D eigenvalue weighted by molar-refractivity contribution is 7.92. The summed E-state index contributed by atoms with van der Waals surface area (Å²) in [7, 11) is -1.84. The average molecular weight is 497 g/mol. The number of anilines is 2. The van der Waals surface area contributed by atoms with Crippen LogP contribution in [0.1, 0.15) is 29.3 Å². The second kappa shape index (κ2) is 9.45. The summed E-state index contributed by atoms with van der Waals surface area (Å²) in [6.45, 7) is 3.61. The van der Waals surface area contributed by atoms with Crippen molar-refractivity contribution in [3.05, 3.63) is 65.4 Å². The molecule has 0 saturated carbocycles. The molecule has 4 rings (SSSR count). The van der Waals surface area contributed by atoms with Crippen LogP contribution in [-0.2, 0) is 10.0 Å². The van der Waals surface area contributed by atoms with E-state index in [9.17, 15) is 22.0 Å². The lowest BCUT2D eigenvalue weighted by Gasteiger charge is -2.12. The van der Waals surface area contributed by atoms with E-state index in [4.69, 9.17) is 0 Å². The van der Waals surface area contributed by atoms with E-state index in [1.54, 1.807) is 6.92 Å². The van der Waals surface area contributed by atoms with Gasteiger partial charge in [0, 0.05) is 5.56 Å². The van der Waals surface area contributed by atoms with Crippen molar-refractivity contribution in [2.75, 3.05) is 15.8 Å². The number of H-pyrrole nitrogens is 1. The van der Waals surface area contributed by atoms with Crippen molar-refractivity contribution in [3.8, 4) is 11.4 Å². The van der Waals surface area contributed by atoms with Crippen molar-refractivity contribution >= 4 is 51.8 Å². The minimum absolute atomic E-state index is 0.164. The Balaban J connectivity index is 1.62. The average Bonchev–Trinajstić information content (AvgIpc) is 3.18. The lowest BCUT2D eigenvalue weighted by atomic mass is 9.92. The molecule has 0 bridgehead atoms. The second-order valence-electron chi connectivity index (χ2n) is 8.15. The topological polar surface area (TPSA) is 117 Å². The Labute approximate surface area is 201 Å². The number of pyridine rings is 1. The predicted octanol–water partition coefficient (Wildman–Crippen LogP) is 2.87. The number of benzene rings is 2. The van der Waals surface area contributed by atoms with Crippen molar-refractivity contribution in [2.45, 2.75) is 20.3 Å². The number of nitrogens with one attached hydrogen (secondary N) is 3. The molecule has 0 aliphatic heterocycles. The number of carbonyl (C=O) groups excluding carboxylic acids is 1. The number of hydrogen-bond donors (Lipinski definition) is 3. The van der Waals surface area contributed by atoms with Gasteiger partial charge in [-0.1, -0.05) is 30.6 Å². The Kier molecular flexibility index (Phi) is 6.57. The quantitative estimate of drug-likeness (QED) is 0.340. The van der Waals surface area contributed by atoms with Crippen molar-refractivity contribution in [1.29, 1.82) is 0 Å². The SMILES string of the molecule is Bc1ccc(-c2nc3cc(NC(=O)c4c(F)ccc(NS(=O)(=O)CCC)c4F)cnc3[nH]2)c(C)c1. The first-order valence-electron chi connectivity index (χ1n) is 10.8. The van der Waals surface area contributed by atoms with Gasteiger partial charge in [-0.2, -0.15) is 0 Å². The number of carbonyl (C=O) groups is 1. The van der Waals surface area contributed by atoms with Gasteiger partial charge in [0.15, 0.2) is 11.5 Å². The molecule has 2 aromatic heterocycles. The van der Waals surface area contributed by atoms with Gasteiger partial charge in [0.1, 0.15) is 30.6 Å². The van der Waals surface area contributed by atoms with Crippen molar-refractivity contribution in [3.63, 3.8) is 0 Å². The fourth-order valence-corrected chi connectivity index (χ4v) is 4.82. The first-order valence-corrected chi connectivity index (χ1v) is 12.5. The van der Waals surface area contributed by atoms with Crippen LogP contribution in [0.4, 0.5) is 20.2 Å². The zero-order valence-electron chi connectivity index (χ0n) is 19.2. The van der Waals surface area contributed by atoms with Crippen LogP contribution in [0.5, 0.6) is 0 Å². The third-order valence-corrected chi connectivity index (χ3v) is 6.76. The monoisotopic (exact) mass is 497 g/mol. The van der Waals surface area contributed by atoms with Gasteiger partial charge in [0.2, 0.25) is 10.0 Å². The Morgan fingerprint density at radius 3 is 2.66 bits per heavy atom. The normalized spacial score (nSPS) is 11.5. The number of amides is 1. The summed E-state index contributed by atoms with van der Waals surface area (Å²) in [5, 5.41) is 2.40. The van der Waals surface area contributed by atoms with Gasteiger partial charge in [0.05, 0.1) is 23.3 Å².